The van der Waals surface area contributed by atoms with Gasteiger partial charge >= 0.3 is 0 Å². The summed E-state index contributed by atoms with van der Waals surface area (Å²) in [4.78, 5) is 0.386. The molecule has 0 spiro atoms. The predicted molar refractivity (Wildman–Crippen MR) is 78.0 cm³/mol. The van der Waals surface area contributed by atoms with Crippen LogP contribution in [0.1, 0.15) is 22.3 Å². The Morgan fingerprint density at radius 1 is 0.789 bits per heavy atom. The van der Waals surface area contributed by atoms with Gasteiger partial charge in [0.25, 0.3) is 0 Å². The fourth-order valence-electron chi connectivity index (χ4n) is 2.20. The molecule has 2 rings (SSSR count). The summed E-state index contributed by atoms with van der Waals surface area (Å²) >= 11 is 0. The molecule has 0 saturated heterocycles. The Morgan fingerprint density at radius 3 is 1.84 bits per heavy atom. The van der Waals surface area contributed by atoms with Gasteiger partial charge in [-0.2, -0.15) is 0 Å². The molecule has 0 bridgehead atoms. The fourth-order valence-corrected chi connectivity index (χ4v) is 3.52. The number of sulfone groups is 1. The summed E-state index contributed by atoms with van der Waals surface area (Å²) in [6.07, 6.45) is 0. The second-order valence-electron chi connectivity index (χ2n) is 5.07. The van der Waals surface area contributed by atoms with Crippen LogP contribution in [0.15, 0.2) is 47.4 Å². The van der Waals surface area contributed by atoms with E-state index in [0.717, 1.165) is 22.3 Å². The zero-order valence-electron chi connectivity index (χ0n) is 11.5. The highest BCUT2D eigenvalue weighted by molar-refractivity contribution is 7.90. The molecule has 2 nitrogen and oxygen atoms in total. The Bertz CT molecular complexity index is 663. The maximum atomic E-state index is 12.3. The maximum absolute atomic E-state index is 12.3. The van der Waals surface area contributed by atoms with Crippen LogP contribution in [0.2, 0.25) is 0 Å². The molecule has 0 unspecified atom stereocenters. The fraction of sp³-hybridized carbons (Fsp3) is 0.250. The molecule has 100 valence electrons. The molecule has 0 amide bonds. The largest absolute Gasteiger partial charge is 0.223 e. The van der Waals surface area contributed by atoms with Crippen molar-refractivity contribution in [2.75, 3.05) is 0 Å². The quantitative estimate of drug-likeness (QED) is 0.857. The minimum absolute atomic E-state index is 0.0541. The third-order valence-electron chi connectivity index (χ3n) is 3.02. The summed E-state index contributed by atoms with van der Waals surface area (Å²) in [6, 6.07) is 12.9. The smallest absolute Gasteiger partial charge is 0.182 e. The van der Waals surface area contributed by atoms with Crippen molar-refractivity contribution in [1.82, 2.24) is 0 Å². The lowest BCUT2D eigenvalue weighted by Crippen LogP contribution is -2.05. The van der Waals surface area contributed by atoms with Crippen molar-refractivity contribution >= 4 is 9.84 Å². The van der Waals surface area contributed by atoms with Gasteiger partial charge in [0, 0.05) is 0 Å². The van der Waals surface area contributed by atoms with Crippen molar-refractivity contribution in [1.29, 1.82) is 0 Å². The summed E-state index contributed by atoms with van der Waals surface area (Å²) in [5, 5.41) is 0. The van der Waals surface area contributed by atoms with E-state index in [2.05, 4.69) is 0 Å². The van der Waals surface area contributed by atoms with Crippen LogP contribution in [0, 0.1) is 20.8 Å². The summed E-state index contributed by atoms with van der Waals surface area (Å²) in [6.45, 7) is 5.91. The molecular formula is C16H18O2S. The predicted octanol–water partition coefficient (Wildman–Crippen LogP) is 3.59. The molecule has 0 fully saturated rings. The van der Waals surface area contributed by atoms with Crippen molar-refractivity contribution in [3.63, 3.8) is 0 Å². The lowest BCUT2D eigenvalue weighted by atomic mass is 10.1. The summed E-state index contributed by atoms with van der Waals surface area (Å²) in [5.74, 6) is 0.0541. The van der Waals surface area contributed by atoms with E-state index in [4.69, 9.17) is 0 Å². The Hall–Kier alpha value is -1.61. The molecule has 3 heteroatoms. The van der Waals surface area contributed by atoms with E-state index >= 15 is 0 Å². The van der Waals surface area contributed by atoms with Crippen LogP contribution in [0.5, 0.6) is 0 Å². The molecule has 0 heterocycles. The molecule has 2 aromatic rings. The first-order chi connectivity index (χ1) is 8.87. The molecule has 0 atom stereocenters. The van der Waals surface area contributed by atoms with E-state index in [1.54, 1.807) is 12.1 Å². The van der Waals surface area contributed by atoms with Crippen LogP contribution in [-0.2, 0) is 15.6 Å². The highest BCUT2D eigenvalue weighted by Crippen LogP contribution is 2.18. The average Bonchev–Trinajstić information content (AvgIpc) is 2.27. The van der Waals surface area contributed by atoms with E-state index in [0.29, 0.717) is 4.90 Å². The van der Waals surface area contributed by atoms with Gasteiger partial charge in [0.15, 0.2) is 9.84 Å². The van der Waals surface area contributed by atoms with Gasteiger partial charge in [-0.1, -0.05) is 47.0 Å². The monoisotopic (exact) mass is 274 g/mol. The van der Waals surface area contributed by atoms with E-state index in [1.807, 2.05) is 51.1 Å². The van der Waals surface area contributed by atoms with E-state index in [-0.39, 0.29) is 5.75 Å². The van der Waals surface area contributed by atoms with Crippen molar-refractivity contribution in [3.05, 3.63) is 64.7 Å². The van der Waals surface area contributed by atoms with Gasteiger partial charge in [-0.3, -0.25) is 0 Å². The van der Waals surface area contributed by atoms with E-state index in [9.17, 15) is 8.42 Å². The van der Waals surface area contributed by atoms with Crippen molar-refractivity contribution in [2.24, 2.45) is 0 Å². The molecule has 0 aliphatic rings. The third kappa shape index (κ3) is 3.44. The minimum Gasteiger partial charge on any atom is -0.223 e. The van der Waals surface area contributed by atoms with Gasteiger partial charge in [-0.15, -0.1) is 0 Å². The summed E-state index contributed by atoms with van der Waals surface area (Å²) in [7, 11) is -3.26. The lowest BCUT2D eigenvalue weighted by Gasteiger charge is -2.07. The van der Waals surface area contributed by atoms with Crippen LogP contribution >= 0.6 is 0 Å². The lowest BCUT2D eigenvalue weighted by molar-refractivity contribution is 0.595. The van der Waals surface area contributed by atoms with Gasteiger partial charge < -0.3 is 0 Å². The molecule has 0 aliphatic heterocycles. The molecule has 0 aliphatic carbocycles. The zero-order valence-corrected chi connectivity index (χ0v) is 12.3. The minimum atomic E-state index is -3.26. The number of hydrogen-bond donors (Lipinski definition) is 0. The van der Waals surface area contributed by atoms with Crippen molar-refractivity contribution < 1.29 is 8.42 Å². The third-order valence-corrected chi connectivity index (χ3v) is 4.72. The average molecular weight is 274 g/mol. The van der Waals surface area contributed by atoms with Gasteiger partial charge in [-0.05, 0) is 38.5 Å². The SMILES string of the molecule is Cc1ccc(S(=O)(=O)Cc2cc(C)cc(C)c2)cc1. The highest BCUT2D eigenvalue weighted by Gasteiger charge is 2.15. The molecule has 0 saturated carbocycles. The Morgan fingerprint density at radius 2 is 1.32 bits per heavy atom. The zero-order chi connectivity index (χ0) is 14.0. The summed E-state index contributed by atoms with van der Waals surface area (Å²) in [5.41, 5.74) is 4.09. The molecular weight excluding hydrogens is 256 g/mol. The van der Waals surface area contributed by atoms with Gasteiger partial charge in [-0.25, -0.2) is 8.42 Å². The second-order valence-corrected chi connectivity index (χ2v) is 7.06. The first kappa shape index (κ1) is 13.8. The van der Waals surface area contributed by atoms with Crippen LogP contribution in [-0.4, -0.2) is 8.42 Å². The first-order valence-corrected chi connectivity index (χ1v) is 7.89. The van der Waals surface area contributed by atoms with E-state index in [1.165, 1.54) is 0 Å². The molecule has 0 N–H and O–H groups in total. The molecule has 0 radical (unpaired) electrons. The number of rotatable bonds is 3. The maximum Gasteiger partial charge on any atom is 0.182 e. The van der Waals surface area contributed by atoms with Crippen molar-refractivity contribution in [2.45, 2.75) is 31.4 Å². The second kappa shape index (κ2) is 5.17. The van der Waals surface area contributed by atoms with Gasteiger partial charge in [0.05, 0.1) is 10.6 Å². The standard InChI is InChI=1S/C16H18O2S/c1-12-4-6-16(7-5-12)19(17,18)11-15-9-13(2)8-14(3)10-15/h4-10H,11H2,1-3H3. The number of benzene rings is 2. The molecule has 2 aromatic carbocycles. The Labute approximate surface area is 115 Å². The normalized spacial score (nSPS) is 11.5. The number of hydrogen-bond acceptors (Lipinski definition) is 2. The molecule has 0 aromatic heterocycles. The Balaban J connectivity index is 2.33. The first-order valence-electron chi connectivity index (χ1n) is 6.23. The molecule has 19 heavy (non-hydrogen) atoms. The summed E-state index contributed by atoms with van der Waals surface area (Å²) < 4.78 is 24.7. The topological polar surface area (TPSA) is 34.1 Å². The van der Waals surface area contributed by atoms with Gasteiger partial charge in [0.2, 0.25) is 0 Å². The van der Waals surface area contributed by atoms with Gasteiger partial charge in [0.1, 0.15) is 0 Å². The van der Waals surface area contributed by atoms with E-state index < -0.39 is 9.84 Å². The van der Waals surface area contributed by atoms with Crippen LogP contribution < -0.4 is 0 Å². The van der Waals surface area contributed by atoms with Crippen molar-refractivity contribution in [3.8, 4) is 0 Å². The van der Waals surface area contributed by atoms with Crippen LogP contribution in [0.4, 0.5) is 0 Å². The number of aryl methyl sites for hydroxylation is 3. The highest BCUT2D eigenvalue weighted by atomic mass is 32.2. The van der Waals surface area contributed by atoms with Crippen LogP contribution in [0.25, 0.3) is 0 Å². The van der Waals surface area contributed by atoms with Crippen LogP contribution in [0.3, 0.4) is 0 Å². The Kier molecular flexibility index (Phi) is 3.76.